The molecule has 0 saturated carbocycles. The predicted molar refractivity (Wildman–Crippen MR) is 70.1 cm³/mol. The highest BCUT2D eigenvalue weighted by Crippen LogP contribution is 2.18. The molecule has 0 bridgehead atoms. The number of phenolic OH excluding ortho intramolecular Hbond substituents is 1. The highest BCUT2D eigenvalue weighted by molar-refractivity contribution is 5.83. The van der Waals surface area contributed by atoms with Gasteiger partial charge in [-0.15, -0.1) is 0 Å². The minimum atomic E-state index is -1.08. The van der Waals surface area contributed by atoms with Crippen molar-refractivity contribution in [2.24, 2.45) is 0 Å². The van der Waals surface area contributed by atoms with Crippen molar-refractivity contribution in [3.8, 4) is 5.75 Å². The van der Waals surface area contributed by atoms with E-state index in [1.54, 1.807) is 12.1 Å². The Labute approximate surface area is 109 Å². The number of fused-ring (bicyclic) bond motifs is 1. The first-order valence-corrected chi connectivity index (χ1v) is 5.60. The number of benzene rings is 2. The lowest BCUT2D eigenvalue weighted by Crippen LogP contribution is -2.00. The highest BCUT2D eigenvalue weighted by atomic mass is 16.4. The van der Waals surface area contributed by atoms with Crippen LogP contribution in [-0.2, 0) is 9.59 Å². The Kier molecular flexibility index (Phi) is 5.35. The Morgan fingerprint density at radius 3 is 1.89 bits per heavy atom. The van der Waals surface area contributed by atoms with Crippen LogP contribution in [0.1, 0.15) is 12.8 Å². The van der Waals surface area contributed by atoms with Gasteiger partial charge in [0.05, 0.1) is 12.8 Å². The van der Waals surface area contributed by atoms with Crippen LogP contribution in [0.3, 0.4) is 0 Å². The summed E-state index contributed by atoms with van der Waals surface area (Å²) in [6, 6.07) is 13.3. The fourth-order valence-corrected chi connectivity index (χ4v) is 1.39. The van der Waals surface area contributed by atoms with Crippen molar-refractivity contribution in [1.82, 2.24) is 0 Å². The number of hydrogen-bond donors (Lipinski definition) is 3. The van der Waals surface area contributed by atoms with Crippen molar-refractivity contribution in [1.29, 1.82) is 0 Å². The molecule has 0 amide bonds. The molecule has 2 aromatic carbocycles. The molecule has 100 valence electrons. The van der Waals surface area contributed by atoms with Crippen molar-refractivity contribution in [3.63, 3.8) is 0 Å². The third-order valence-electron chi connectivity index (χ3n) is 2.29. The van der Waals surface area contributed by atoms with Crippen molar-refractivity contribution in [3.05, 3.63) is 42.5 Å². The third-order valence-corrected chi connectivity index (χ3v) is 2.29. The molecule has 0 unspecified atom stereocenters. The van der Waals surface area contributed by atoms with Gasteiger partial charge in [0, 0.05) is 0 Å². The number of carbonyl (C=O) groups is 2. The van der Waals surface area contributed by atoms with Gasteiger partial charge in [-0.1, -0.05) is 30.3 Å². The van der Waals surface area contributed by atoms with E-state index in [4.69, 9.17) is 15.3 Å². The number of aromatic hydroxyl groups is 1. The molecule has 0 radical (unpaired) electrons. The van der Waals surface area contributed by atoms with Gasteiger partial charge in [0.1, 0.15) is 5.75 Å². The molecule has 3 N–H and O–H groups in total. The average molecular weight is 262 g/mol. The van der Waals surface area contributed by atoms with Crippen LogP contribution in [0.2, 0.25) is 0 Å². The quantitative estimate of drug-likeness (QED) is 0.789. The second-order valence-corrected chi connectivity index (χ2v) is 3.82. The van der Waals surface area contributed by atoms with Gasteiger partial charge in [-0.05, 0) is 22.9 Å². The fraction of sp³-hybridized carbons (Fsp3) is 0.143. The zero-order valence-electron chi connectivity index (χ0n) is 10.1. The smallest absolute Gasteiger partial charge is 0.303 e. The van der Waals surface area contributed by atoms with Gasteiger partial charge >= 0.3 is 11.9 Å². The van der Waals surface area contributed by atoms with E-state index in [0.717, 1.165) is 10.8 Å². The van der Waals surface area contributed by atoms with E-state index in [0.29, 0.717) is 5.75 Å². The summed E-state index contributed by atoms with van der Waals surface area (Å²) in [6.45, 7) is 0. The summed E-state index contributed by atoms with van der Waals surface area (Å²) in [4.78, 5) is 19.3. The largest absolute Gasteiger partial charge is 0.508 e. The summed E-state index contributed by atoms with van der Waals surface area (Å²) in [5.41, 5.74) is 0. The van der Waals surface area contributed by atoms with E-state index in [1.807, 2.05) is 30.3 Å². The van der Waals surface area contributed by atoms with Crippen LogP contribution in [0.15, 0.2) is 42.5 Å². The SMILES string of the molecule is O=C(O)CCC(=O)O.Oc1ccc2ccccc2c1. The van der Waals surface area contributed by atoms with Crippen LogP contribution >= 0.6 is 0 Å². The lowest BCUT2D eigenvalue weighted by Gasteiger charge is -1.96. The monoisotopic (exact) mass is 262 g/mol. The summed E-state index contributed by atoms with van der Waals surface area (Å²) in [6.07, 6.45) is -0.593. The minimum absolute atomic E-state index is 0.296. The van der Waals surface area contributed by atoms with Crippen LogP contribution < -0.4 is 0 Å². The first-order valence-electron chi connectivity index (χ1n) is 5.60. The number of aliphatic carboxylic acids is 2. The first-order chi connectivity index (χ1) is 8.99. The lowest BCUT2D eigenvalue weighted by molar-refractivity contribution is -0.143. The highest BCUT2D eigenvalue weighted by Gasteiger charge is 2.00. The fourth-order valence-electron chi connectivity index (χ4n) is 1.39. The zero-order chi connectivity index (χ0) is 14.3. The second kappa shape index (κ2) is 7.00. The molecule has 2 rings (SSSR count). The number of rotatable bonds is 3. The molecule has 5 heteroatoms. The molecule has 0 heterocycles. The minimum Gasteiger partial charge on any atom is -0.508 e. The van der Waals surface area contributed by atoms with Crippen LogP contribution in [-0.4, -0.2) is 27.3 Å². The predicted octanol–water partition coefficient (Wildman–Crippen LogP) is 2.48. The van der Waals surface area contributed by atoms with Gasteiger partial charge in [-0.25, -0.2) is 0 Å². The van der Waals surface area contributed by atoms with Gasteiger partial charge in [0.25, 0.3) is 0 Å². The van der Waals surface area contributed by atoms with Gasteiger partial charge in [-0.2, -0.15) is 0 Å². The van der Waals surface area contributed by atoms with Gasteiger partial charge in [0.15, 0.2) is 0 Å². The Balaban J connectivity index is 0.000000203. The number of phenols is 1. The van der Waals surface area contributed by atoms with E-state index >= 15 is 0 Å². The van der Waals surface area contributed by atoms with Crippen molar-refractivity contribution >= 4 is 22.7 Å². The van der Waals surface area contributed by atoms with Crippen LogP contribution in [0, 0.1) is 0 Å². The van der Waals surface area contributed by atoms with E-state index in [2.05, 4.69) is 0 Å². The van der Waals surface area contributed by atoms with E-state index < -0.39 is 11.9 Å². The Morgan fingerprint density at radius 1 is 0.842 bits per heavy atom. The van der Waals surface area contributed by atoms with E-state index in [-0.39, 0.29) is 12.8 Å². The summed E-state index contributed by atoms with van der Waals surface area (Å²) < 4.78 is 0. The molecule has 0 spiro atoms. The Bertz CT molecular complexity index is 563. The zero-order valence-corrected chi connectivity index (χ0v) is 10.1. The van der Waals surface area contributed by atoms with Crippen molar-refractivity contribution in [2.75, 3.05) is 0 Å². The van der Waals surface area contributed by atoms with Gasteiger partial charge in [-0.3, -0.25) is 9.59 Å². The number of hydrogen-bond acceptors (Lipinski definition) is 3. The molecule has 0 aromatic heterocycles. The summed E-state index contributed by atoms with van der Waals surface area (Å²) >= 11 is 0. The molecule has 0 saturated heterocycles. The normalized spacial score (nSPS) is 9.47. The molecule has 0 atom stereocenters. The third kappa shape index (κ3) is 5.54. The van der Waals surface area contributed by atoms with Gasteiger partial charge in [0.2, 0.25) is 0 Å². The van der Waals surface area contributed by atoms with Crippen molar-refractivity contribution in [2.45, 2.75) is 12.8 Å². The second-order valence-electron chi connectivity index (χ2n) is 3.82. The molecule has 0 fully saturated rings. The Morgan fingerprint density at radius 2 is 1.37 bits per heavy atom. The summed E-state index contributed by atoms with van der Waals surface area (Å²) in [5.74, 6) is -1.83. The van der Waals surface area contributed by atoms with Crippen LogP contribution in [0.4, 0.5) is 0 Å². The number of carboxylic acids is 2. The molecule has 19 heavy (non-hydrogen) atoms. The Hall–Kier alpha value is -2.56. The molecule has 0 aliphatic rings. The van der Waals surface area contributed by atoms with Crippen molar-refractivity contribution < 1.29 is 24.9 Å². The maximum atomic E-state index is 9.64. The van der Waals surface area contributed by atoms with Crippen LogP contribution in [0.5, 0.6) is 5.75 Å². The maximum Gasteiger partial charge on any atom is 0.303 e. The van der Waals surface area contributed by atoms with E-state index in [1.165, 1.54) is 0 Å². The van der Waals surface area contributed by atoms with Gasteiger partial charge < -0.3 is 15.3 Å². The molecule has 2 aromatic rings. The van der Waals surface area contributed by atoms with Crippen LogP contribution in [0.25, 0.3) is 10.8 Å². The van der Waals surface area contributed by atoms with E-state index in [9.17, 15) is 9.59 Å². The molecule has 5 nitrogen and oxygen atoms in total. The topological polar surface area (TPSA) is 94.8 Å². The first kappa shape index (κ1) is 14.5. The molecular formula is C14H14O5. The standard InChI is InChI=1S/C10H8O.C4H6O4/c11-10-6-5-8-3-1-2-4-9(8)7-10;5-3(6)1-2-4(7)8/h1-7,11H;1-2H2,(H,5,6)(H,7,8). The number of carboxylic acid groups (broad SMARTS) is 2. The summed E-state index contributed by atoms with van der Waals surface area (Å²) in [5, 5.41) is 27.2. The average Bonchev–Trinajstić information content (AvgIpc) is 2.37. The molecular weight excluding hydrogens is 248 g/mol. The maximum absolute atomic E-state index is 9.64. The summed E-state index contributed by atoms with van der Waals surface area (Å²) in [7, 11) is 0. The molecule has 0 aliphatic heterocycles. The molecule has 0 aliphatic carbocycles. The lowest BCUT2D eigenvalue weighted by atomic mass is 10.1.